The molecule has 0 aromatic heterocycles. The standard InChI is InChI=1S/C93H164N18O34S5/c1-14-64(82(124)88(2,3)4)106-74(116)19-15-70(112)94-23-31-130-39-47-138-92(139-48-40-131-32-24-95-71(113)16-20-75(117)107-65(59-146)83(125)89(5,6)7)140-49-41-132-33-25-96-72(114)17-21-76(118)108-66(60-147)84(126)102-55-78(120)98-27-35-134-43-51-142-93(144-53-45-136-37-29-100-80(122)57-104-86(128)68(62-149)110-90(8,9)10,145-54-46-137-38-30-101-81(123)58-105-87(129)69(63-150)111-91(11,12)13)143-52-44-135-36-28-99-79(121)56-103-85(127)67(61-148)109-77(119)22-18-73(115)97-26-34-133-42-50-141-92/h55-58,64-69,110-111,146-150H,14-54,59-63H2,1-13H3,(H,94,112)(H,95,113)(H,96,114)(H,97,115)(H,98,120)(H,99,121)(H,100,122)(H,101,123)(H,102,126)(H,103,127)(H,104,128)(H,105,129)(H,106,116)(H,107,117)(H,108,118)(H,109,119). The zero-order chi connectivity index (χ0) is 112. The Morgan fingerprint density at radius 1 is 0.373 bits per heavy atom. The molecule has 1 aliphatic heterocycles. The van der Waals surface area contributed by atoms with Gasteiger partial charge in [0.2, 0.25) is 94.5 Å². The van der Waals surface area contributed by atoms with Crippen molar-refractivity contribution in [2.75, 3.05) is 240 Å². The maximum atomic E-state index is 13.2. The molecule has 0 bridgehead atoms. The lowest BCUT2D eigenvalue weighted by molar-refractivity contribution is -0.502. The molecule has 1 rings (SSSR count). The third kappa shape index (κ3) is 71.8. The van der Waals surface area contributed by atoms with E-state index in [0.717, 1.165) is 26.2 Å². The number of carbonyl (C=O) groups excluding carboxylic acids is 18. The molecule has 4 radical (unpaired) electrons. The van der Waals surface area contributed by atoms with Gasteiger partial charge in [-0.05, 0) is 48.0 Å². The average Bonchev–Trinajstić information content (AvgIpc) is 0.873. The van der Waals surface area contributed by atoms with Crippen molar-refractivity contribution in [2.45, 2.75) is 207 Å². The molecule has 1 saturated heterocycles. The van der Waals surface area contributed by atoms with Crippen LogP contribution >= 0.6 is 63.1 Å². The minimum Gasteiger partial charge on any atom is -0.377 e. The van der Waals surface area contributed by atoms with Gasteiger partial charge in [0.25, 0.3) is 0 Å². The van der Waals surface area contributed by atoms with Gasteiger partial charge in [0.05, 0.1) is 183 Å². The molecule has 0 aromatic carbocycles. The molecular formula is C93H164N18O34S5. The number of hydrogen-bond donors (Lipinski definition) is 23. The Labute approximate surface area is 906 Å². The van der Waals surface area contributed by atoms with Crippen LogP contribution in [0, 0.1) is 37.0 Å². The number of nitrogens with one attached hydrogen (secondary N) is 18. The van der Waals surface area contributed by atoms with Crippen LogP contribution in [0.4, 0.5) is 0 Å². The topological polar surface area (TPSA) is 671 Å². The zero-order valence-corrected chi connectivity index (χ0v) is 92.9. The van der Waals surface area contributed by atoms with Crippen LogP contribution < -0.4 is 95.7 Å². The van der Waals surface area contributed by atoms with E-state index in [1.165, 1.54) is 0 Å². The van der Waals surface area contributed by atoms with Crippen molar-refractivity contribution in [2.24, 2.45) is 10.8 Å². The molecule has 860 valence electrons. The van der Waals surface area contributed by atoms with Crippen LogP contribution in [-0.4, -0.2) is 405 Å². The van der Waals surface area contributed by atoms with Crippen LogP contribution in [0.5, 0.6) is 0 Å². The van der Waals surface area contributed by atoms with E-state index in [1.54, 1.807) is 48.5 Å². The number of ether oxygens (including phenoxy) is 16. The summed E-state index contributed by atoms with van der Waals surface area (Å²) in [5.41, 5.74) is -2.27. The molecule has 1 fully saturated rings. The minimum absolute atomic E-state index is 0.00848. The molecule has 1 heterocycles. The summed E-state index contributed by atoms with van der Waals surface area (Å²) in [6.45, 7) is 22.2. The van der Waals surface area contributed by atoms with Crippen LogP contribution in [0.1, 0.15) is 148 Å². The second kappa shape index (κ2) is 81.5. The Hall–Kier alpha value is -8.11. The summed E-state index contributed by atoms with van der Waals surface area (Å²) in [5.74, 6) is -10.3. The SMILES string of the molecule is CCC(NC(=O)CCC(=O)NCCOCCOC1(OCCOCCNC(=O)CCC(=O)NC(CS)C(=O)C(C)(C)C)OCCOCCNC(=O)CCC(=O)NC(CS)C(=O)N[CH]C(=O)NCCOCCOC(OCCOCCNC(=O)[CH]NC(=O)C(CS)NC(C)(C)C)(OCCOCCNC(=O)[CH]NC(=O)C(CS)NC(C)(C)C)OCCOCCNC(=O)[CH]NC(=O)C(CS)NC(=O)CCC(=O)NCCOCCO1)C(=O)C(C)(C)C. The van der Waals surface area contributed by atoms with E-state index in [2.05, 4.69) is 159 Å². The highest BCUT2D eigenvalue weighted by molar-refractivity contribution is 7.81. The van der Waals surface area contributed by atoms with Crippen LogP contribution in [0.25, 0.3) is 0 Å². The predicted molar refractivity (Wildman–Crippen MR) is 560 cm³/mol. The number of Topliss-reactive ketones (excluding diaryl/α,β-unsaturated/α-hetero) is 2. The molecule has 0 spiro atoms. The number of hydrogen-bond acceptors (Lipinski definition) is 41. The highest BCUT2D eigenvalue weighted by Crippen LogP contribution is 2.23. The lowest BCUT2D eigenvalue weighted by Crippen LogP contribution is -2.52. The van der Waals surface area contributed by atoms with Gasteiger partial charge >= 0.3 is 12.3 Å². The van der Waals surface area contributed by atoms with Crippen LogP contribution in [0.3, 0.4) is 0 Å². The van der Waals surface area contributed by atoms with E-state index in [4.69, 9.17) is 75.8 Å². The van der Waals surface area contributed by atoms with E-state index in [9.17, 15) is 86.3 Å². The molecule has 0 saturated carbocycles. The third-order valence-corrected chi connectivity index (χ3v) is 21.3. The Kier molecular flexibility index (Phi) is 76.0. The van der Waals surface area contributed by atoms with Crippen molar-refractivity contribution < 1.29 is 162 Å². The van der Waals surface area contributed by atoms with E-state index >= 15 is 0 Å². The molecule has 18 N–H and O–H groups in total. The Morgan fingerprint density at radius 3 is 0.967 bits per heavy atom. The second-order valence-corrected chi connectivity index (χ2v) is 38.6. The van der Waals surface area contributed by atoms with Gasteiger partial charge in [-0.1, -0.05) is 48.5 Å². The van der Waals surface area contributed by atoms with E-state index in [0.29, 0.717) is 6.42 Å². The second-order valence-electron chi connectivity index (χ2n) is 36.8. The number of rotatable bonds is 52. The Morgan fingerprint density at radius 2 is 0.667 bits per heavy atom. The summed E-state index contributed by atoms with van der Waals surface area (Å²) < 4.78 is 94.4. The minimum atomic E-state index is -2.38. The first-order valence-electron chi connectivity index (χ1n) is 49.4. The van der Waals surface area contributed by atoms with Crippen LogP contribution in [0.15, 0.2) is 0 Å². The fourth-order valence-corrected chi connectivity index (χ4v) is 13.3. The first-order chi connectivity index (χ1) is 71.1. The van der Waals surface area contributed by atoms with Crippen molar-refractivity contribution in [3.8, 4) is 0 Å². The molecule has 16 amide bonds. The molecule has 150 heavy (non-hydrogen) atoms. The summed E-state index contributed by atoms with van der Waals surface area (Å²) in [4.78, 5) is 232. The number of thiol groups is 5. The predicted octanol–water partition coefficient (Wildman–Crippen LogP) is -4.61. The lowest BCUT2D eigenvalue weighted by atomic mass is 9.85. The van der Waals surface area contributed by atoms with E-state index in [-0.39, 0.29) is 303 Å². The Bertz CT molecular complexity index is 3760. The van der Waals surface area contributed by atoms with Gasteiger partial charge in [-0.2, -0.15) is 63.1 Å². The highest BCUT2D eigenvalue weighted by Gasteiger charge is 2.40. The van der Waals surface area contributed by atoms with Crippen molar-refractivity contribution in [3.63, 3.8) is 0 Å². The molecular weight excluding hydrogens is 2070 g/mol. The zero-order valence-electron chi connectivity index (χ0n) is 88.4. The van der Waals surface area contributed by atoms with Gasteiger partial charge in [-0.25, -0.2) is 0 Å². The van der Waals surface area contributed by atoms with Gasteiger partial charge in [0.15, 0.2) is 11.6 Å². The molecule has 52 nitrogen and oxygen atoms in total. The van der Waals surface area contributed by atoms with Crippen molar-refractivity contribution >= 4 is 169 Å². The van der Waals surface area contributed by atoms with Crippen molar-refractivity contribution in [1.29, 1.82) is 0 Å². The fraction of sp³-hybridized carbons (Fsp3) is 0.763. The number of amides is 16. The summed E-state index contributed by atoms with van der Waals surface area (Å²) in [5, 5.41) is 46.9. The molecule has 57 heteroatoms. The normalized spacial score (nSPS) is 19.6. The fourth-order valence-electron chi connectivity index (χ4n) is 12.1. The monoisotopic (exact) mass is 2240 g/mol. The summed E-state index contributed by atoms with van der Waals surface area (Å²) >= 11 is 21.1. The van der Waals surface area contributed by atoms with Gasteiger partial charge in [0, 0.05) is 154 Å². The van der Waals surface area contributed by atoms with Crippen molar-refractivity contribution in [1.82, 2.24) is 95.7 Å². The summed E-state index contributed by atoms with van der Waals surface area (Å²) in [6.07, 6.45) is -6.55. The first kappa shape index (κ1) is 140. The third-order valence-electron chi connectivity index (χ3n) is 19.5. The molecule has 6 atom stereocenters. The molecule has 0 aromatic rings. The average molecular weight is 2240 g/mol. The summed E-state index contributed by atoms with van der Waals surface area (Å²) in [7, 11) is 0. The maximum absolute atomic E-state index is 13.2. The number of ketones is 2. The maximum Gasteiger partial charge on any atom is 0.413 e. The van der Waals surface area contributed by atoms with E-state index < -0.39 is 165 Å². The first-order valence-corrected chi connectivity index (χ1v) is 52.6. The summed E-state index contributed by atoms with van der Waals surface area (Å²) in [6, 6.07) is -5.47. The van der Waals surface area contributed by atoms with Gasteiger partial charge in [-0.15, -0.1) is 0 Å². The van der Waals surface area contributed by atoms with Gasteiger partial charge in [0.1, 0.15) is 38.3 Å². The number of carbonyl (C=O) groups is 18. The van der Waals surface area contributed by atoms with Crippen molar-refractivity contribution in [3.05, 3.63) is 26.2 Å². The van der Waals surface area contributed by atoms with Gasteiger partial charge in [-0.3, -0.25) is 86.3 Å². The van der Waals surface area contributed by atoms with Crippen LogP contribution in [-0.2, 0) is 162 Å². The molecule has 6 unspecified atom stereocenters. The van der Waals surface area contributed by atoms with E-state index in [1.807, 2.05) is 41.5 Å². The quantitative estimate of drug-likeness (QED) is 0.0155. The molecule has 0 aliphatic carbocycles. The Balaban J connectivity index is 3.45. The lowest BCUT2D eigenvalue weighted by Gasteiger charge is -2.32. The highest BCUT2D eigenvalue weighted by atomic mass is 32.1. The molecule has 1 aliphatic rings. The largest absolute Gasteiger partial charge is 0.413 e. The van der Waals surface area contributed by atoms with Gasteiger partial charge < -0.3 is 171 Å². The van der Waals surface area contributed by atoms with Crippen LogP contribution in [0.2, 0.25) is 0 Å². The smallest absolute Gasteiger partial charge is 0.377 e.